The molecule has 3 nitrogen and oxygen atoms in total. The van der Waals surface area contributed by atoms with Crippen LogP contribution in [0.3, 0.4) is 0 Å². The number of nitrogens with one attached hydrogen (secondary N) is 1. The number of hydrogen-bond donors (Lipinski definition) is 1. The Hall–Kier alpha value is -2.17. The lowest BCUT2D eigenvalue weighted by Gasteiger charge is -2.53. The van der Waals surface area contributed by atoms with Gasteiger partial charge in [0, 0.05) is 17.9 Å². The van der Waals surface area contributed by atoms with Crippen molar-refractivity contribution in [2.75, 3.05) is 0 Å². The quantitative estimate of drug-likeness (QED) is 0.520. The van der Waals surface area contributed by atoms with Crippen LogP contribution in [-0.4, -0.2) is 25.9 Å². The van der Waals surface area contributed by atoms with Gasteiger partial charge in [-0.3, -0.25) is 4.79 Å². The summed E-state index contributed by atoms with van der Waals surface area (Å²) in [6.45, 7) is 11.2. The normalized spacial score (nSPS) is 26.5. The summed E-state index contributed by atoms with van der Waals surface area (Å²) in [6, 6.07) is 21.7. The van der Waals surface area contributed by atoms with Gasteiger partial charge in [-0.2, -0.15) is 0 Å². The van der Waals surface area contributed by atoms with Gasteiger partial charge in [-0.25, -0.2) is 0 Å². The summed E-state index contributed by atoms with van der Waals surface area (Å²) in [7, 11) is -2.65. The van der Waals surface area contributed by atoms with Gasteiger partial charge in [0.15, 0.2) is 0 Å². The highest BCUT2D eigenvalue weighted by atomic mass is 28.4. The minimum atomic E-state index is -2.65. The van der Waals surface area contributed by atoms with Crippen LogP contribution in [0.2, 0.25) is 5.04 Å². The third-order valence-corrected chi connectivity index (χ3v) is 12.6. The number of rotatable bonds is 5. The number of hydrogen-bond acceptors (Lipinski definition) is 2. The van der Waals surface area contributed by atoms with Crippen molar-refractivity contribution in [3.05, 3.63) is 73.3 Å². The molecule has 2 aliphatic rings. The standard InChI is InChI=1S/C28H37NO2Si/c1-5-24-25(18-12-20-28(24)21-13-19-26(30)29-28)31-32(27(2,3)4,22-14-8-6-9-15-22)23-16-10-7-11-17-23/h5-11,14-17,24-25H,1,12-13,18-21H2,2-4H3,(H,29,30)/t24-,25+,28+/m1/s1. The minimum absolute atomic E-state index is 0.0333. The zero-order valence-electron chi connectivity index (χ0n) is 19.8. The zero-order chi connectivity index (χ0) is 22.8. The van der Waals surface area contributed by atoms with Gasteiger partial charge in [-0.1, -0.05) is 87.5 Å². The summed E-state index contributed by atoms with van der Waals surface area (Å²) in [5.41, 5.74) is -0.217. The van der Waals surface area contributed by atoms with Crippen LogP contribution in [0.25, 0.3) is 0 Å². The maximum atomic E-state index is 12.4. The summed E-state index contributed by atoms with van der Waals surface area (Å²) in [4.78, 5) is 12.4. The van der Waals surface area contributed by atoms with Crippen LogP contribution in [0, 0.1) is 5.92 Å². The van der Waals surface area contributed by atoms with E-state index in [2.05, 4.69) is 99.4 Å². The monoisotopic (exact) mass is 447 g/mol. The van der Waals surface area contributed by atoms with Crippen molar-refractivity contribution in [1.82, 2.24) is 5.32 Å². The second kappa shape index (κ2) is 8.99. The Morgan fingerprint density at radius 2 is 1.56 bits per heavy atom. The molecule has 4 heteroatoms. The van der Waals surface area contributed by atoms with E-state index in [-0.39, 0.29) is 28.5 Å². The molecule has 1 aliphatic carbocycles. The average molecular weight is 448 g/mol. The lowest BCUT2D eigenvalue weighted by atomic mass is 9.67. The summed E-state index contributed by atoms with van der Waals surface area (Å²) >= 11 is 0. The number of carbonyl (C=O) groups is 1. The Kier molecular flexibility index (Phi) is 6.46. The average Bonchev–Trinajstić information content (AvgIpc) is 2.78. The molecule has 0 unspecified atom stereocenters. The van der Waals surface area contributed by atoms with E-state index in [1.54, 1.807) is 0 Å². The first-order valence-electron chi connectivity index (χ1n) is 12.0. The van der Waals surface area contributed by atoms with Crippen LogP contribution >= 0.6 is 0 Å². The van der Waals surface area contributed by atoms with Gasteiger partial charge >= 0.3 is 0 Å². The minimum Gasteiger partial charge on any atom is -0.404 e. The molecule has 1 amide bonds. The second-order valence-corrected chi connectivity index (χ2v) is 14.8. The van der Waals surface area contributed by atoms with Crippen LogP contribution in [0.5, 0.6) is 0 Å². The van der Waals surface area contributed by atoms with Gasteiger partial charge in [0.05, 0.1) is 6.10 Å². The molecule has 2 fully saturated rings. The lowest BCUT2D eigenvalue weighted by Crippen LogP contribution is -2.70. The van der Waals surface area contributed by atoms with Gasteiger partial charge < -0.3 is 9.74 Å². The van der Waals surface area contributed by atoms with Gasteiger partial charge in [0.1, 0.15) is 0 Å². The molecule has 2 aromatic rings. The fourth-order valence-corrected chi connectivity index (χ4v) is 10.9. The molecule has 3 atom stereocenters. The zero-order valence-corrected chi connectivity index (χ0v) is 20.8. The van der Waals surface area contributed by atoms with E-state index in [1.807, 2.05) is 0 Å². The molecule has 0 aromatic heterocycles. The first kappa shape index (κ1) is 23.0. The van der Waals surface area contributed by atoms with Crippen molar-refractivity contribution in [2.24, 2.45) is 5.92 Å². The molecule has 1 saturated heterocycles. The van der Waals surface area contributed by atoms with Gasteiger partial charge in [-0.05, 0) is 47.5 Å². The summed E-state index contributed by atoms with van der Waals surface area (Å²) < 4.78 is 7.50. The fraction of sp³-hybridized carbons (Fsp3) is 0.464. The number of benzene rings is 2. The maximum Gasteiger partial charge on any atom is 0.261 e. The topological polar surface area (TPSA) is 38.3 Å². The highest BCUT2D eigenvalue weighted by molar-refractivity contribution is 6.99. The van der Waals surface area contributed by atoms with E-state index in [1.165, 1.54) is 10.4 Å². The molecule has 2 aromatic carbocycles. The summed E-state index contributed by atoms with van der Waals surface area (Å²) in [6.07, 6.45) is 7.76. The molecule has 1 N–H and O–H groups in total. The van der Waals surface area contributed by atoms with Gasteiger partial charge in [-0.15, -0.1) is 6.58 Å². The van der Waals surface area contributed by atoms with Crippen LogP contribution < -0.4 is 15.7 Å². The molecule has 1 spiro atoms. The van der Waals surface area contributed by atoms with Crippen LogP contribution in [-0.2, 0) is 9.22 Å². The largest absolute Gasteiger partial charge is 0.404 e. The van der Waals surface area contributed by atoms with Crippen molar-refractivity contribution < 1.29 is 9.22 Å². The Morgan fingerprint density at radius 3 is 2.06 bits per heavy atom. The molecule has 0 radical (unpaired) electrons. The Morgan fingerprint density at radius 1 is 1.00 bits per heavy atom. The predicted molar refractivity (Wildman–Crippen MR) is 135 cm³/mol. The van der Waals surface area contributed by atoms with E-state index in [9.17, 15) is 4.79 Å². The highest BCUT2D eigenvalue weighted by Crippen LogP contribution is 2.45. The molecule has 1 aliphatic heterocycles. The number of amides is 1. The molecule has 170 valence electrons. The fourth-order valence-electron chi connectivity index (χ4n) is 6.15. The predicted octanol–water partition coefficient (Wildman–Crippen LogP) is 4.96. The van der Waals surface area contributed by atoms with Crippen LogP contribution in [0.4, 0.5) is 0 Å². The van der Waals surface area contributed by atoms with E-state index >= 15 is 0 Å². The van der Waals surface area contributed by atoms with Gasteiger partial charge in [0.25, 0.3) is 8.32 Å². The van der Waals surface area contributed by atoms with E-state index in [0.29, 0.717) is 6.42 Å². The third kappa shape index (κ3) is 3.99. The molecular weight excluding hydrogens is 410 g/mol. The van der Waals surface area contributed by atoms with E-state index in [0.717, 1.165) is 32.1 Å². The molecular formula is C28H37NO2Si. The van der Waals surface area contributed by atoms with Crippen molar-refractivity contribution in [1.29, 1.82) is 0 Å². The van der Waals surface area contributed by atoms with Gasteiger partial charge in [0.2, 0.25) is 5.91 Å². The Balaban J connectivity index is 1.82. The first-order chi connectivity index (χ1) is 15.3. The second-order valence-electron chi connectivity index (χ2n) is 10.5. The molecule has 32 heavy (non-hydrogen) atoms. The van der Waals surface area contributed by atoms with Crippen molar-refractivity contribution in [2.45, 2.75) is 76.0 Å². The Bertz CT molecular complexity index is 893. The SMILES string of the molecule is C=C[C@@H]1[C@@H](O[Si](c2ccccc2)(c2ccccc2)C(C)(C)C)CCC[C@]12CCCC(=O)N2. The number of carbonyl (C=O) groups excluding carboxylic acids is 1. The van der Waals surface area contributed by atoms with Crippen molar-refractivity contribution in [3.63, 3.8) is 0 Å². The third-order valence-electron chi connectivity index (χ3n) is 7.56. The lowest BCUT2D eigenvalue weighted by molar-refractivity contribution is -0.127. The van der Waals surface area contributed by atoms with Crippen LogP contribution in [0.1, 0.15) is 59.3 Å². The first-order valence-corrected chi connectivity index (χ1v) is 14.0. The Labute approximate surface area is 194 Å². The van der Waals surface area contributed by atoms with E-state index in [4.69, 9.17) is 4.43 Å². The molecule has 1 saturated carbocycles. The smallest absolute Gasteiger partial charge is 0.261 e. The molecule has 0 bridgehead atoms. The summed E-state index contributed by atoms with van der Waals surface area (Å²) in [5.74, 6) is 0.288. The maximum absolute atomic E-state index is 12.4. The number of piperidine rings is 1. The molecule has 4 rings (SSSR count). The van der Waals surface area contributed by atoms with Crippen LogP contribution in [0.15, 0.2) is 73.3 Å². The van der Waals surface area contributed by atoms with Crippen molar-refractivity contribution >= 4 is 24.6 Å². The van der Waals surface area contributed by atoms with Crippen molar-refractivity contribution in [3.8, 4) is 0 Å². The molecule has 1 heterocycles. The highest BCUT2D eigenvalue weighted by Gasteiger charge is 2.55. The summed E-state index contributed by atoms with van der Waals surface area (Å²) in [5, 5.41) is 5.92. The van der Waals surface area contributed by atoms with E-state index < -0.39 is 8.32 Å².